The predicted octanol–water partition coefficient (Wildman–Crippen LogP) is 1.08. The van der Waals surface area contributed by atoms with E-state index >= 15 is 0 Å². The van der Waals surface area contributed by atoms with Gasteiger partial charge in [-0.2, -0.15) is 0 Å². The van der Waals surface area contributed by atoms with Crippen molar-refractivity contribution in [3.63, 3.8) is 0 Å². The molecule has 1 saturated carbocycles. The van der Waals surface area contributed by atoms with Crippen molar-refractivity contribution in [1.82, 2.24) is 0 Å². The van der Waals surface area contributed by atoms with E-state index in [0.717, 1.165) is 0 Å². The minimum Gasteiger partial charge on any atom is -0.508 e. The zero-order valence-corrected chi connectivity index (χ0v) is 6.49. The second kappa shape index (κ2) is 2.14. The van der Waals surface area contributed by atoms with Crippen LogP contribution >= 0.6 is 0 Å². The Hall–Kier alpha value is -1.22. The van der Waals surface area contributed by atoms with Crippen molar-refractivity contribution in [3.05, 3.63) is 23.8 Å². The summed E-state index contributed by atoms with van der Waals surface area (Å²) in [7, 11) is 0. The summed E-state index contributed by atoms with van der Waals surface area (Å²) < 4.78 is 0. The quantitative estimate of drug-likeness (QED) is 0.547. The summed E-state index contributed by atoms with van der Waals surface area (Å²) >= 11 is 0. The fourth-order valence-electron chi connectivity index (χ4n) is 1.28. The average molecular weight is 166 g/mol. The summed E-state index contributed by atoms with van der Waals surface area (Å²) in [5.41, 5.74) is -0.453. The number of hydrogen-bond acceptors (Lipinski definition) is 3. The Morgan fingerprint density at radius 3 is 2.42 bits per heavy atom. The maximum Gasteiger partial charge on any atom is 0.121 e. The Balaban J connectivity index is 2.48. The fourth-order valence-corrected chi connectivity index (χ4v) is 1.28. The molecular formula is C9H10O3. The maximum absolute atomic E-state index is 9.63. The molecule has 1 fully saturated rings. The van der Waals surface area contributed by atoms with Crippen LogP contribution in [-0.2, 0) is 5.60 Å². The molecule has 1 aromatic carbocycles. The third kappa shape index (κ3) is 1.02. The van der Waals surface area contributed by atoms with E-state index in [1.54, 1.807) is 0 Å². The molecule has 3 heteroatoms. The van der Waals surface area contributed by atoms with E-state index in [9.17, 15) is 10.2 Å². The summed E-state index contributed by atoms with van der Waals surface area (Å²) in [5.74, 6) is 0.121. The van der Waals surface area contributed by atoms with Crippen LogP contribution in [0.5, 0.6) is 11.5 Å². The van der Waals surface area contributed by atoms with Crippen LogP contribution in [0, 0.1) is 0 Å². The third-order valence-corrected chi connectivity index (χ3v) is 2.21. The maximum atomic E-state index is 9.63. The molecule has 0 heterocycles. The predicted molar refractivity (Wildman–Crippen MR) is 42.9 cm³/mol. The van der Waals surface area contributed by atoms with E-state index in [1.807, 2.05) is 0 Å². The fraction of sp³-hybridized carbons (Fsp3) is 0.333. The van der Waals surface area contributed by atoms with Gasteiger partial charge in [0.25, 0.3) is 0 Å². The zero-order valence-electron chi connectivity index (χ0n) is 6.49. The van der Waals surface area contributed by atoms with Gasteiger partial charge in [0.15, 0.2) is 0 Å². The summed E-state index contributed by atoms with van der Waals surface area (Å²) in [4.78, 5) is 0. The van der Waals surface area contributed by atoms with Crippen LogP contribution in [0.2, 0.25) is 0 Å². The van der Waals surface area contributed by atoms with Gasteiger partial charge in [-0.25, -0.2) is 0 Å². The van der Waals surface area contributed by atoms with Gasteiger partial charge in [0.2, 0.25) is 0 Å². The molecule has 1 aromatic rings. The molecule has 0 spiro atoms. The van der Waals surface area contributed by atoms with Gasteiger partial charge in [-0.15, -0.1) is 0 Å². The van der Waals surface area contributed by atoms with Crippen molar-refractivity contribution in [2.24, 2.45) is 0 Å². The van der Waals surface area contributed by atoms with Crippen molar-refractivity contribution in [2.45, 2.75) is 18.4 Å². The first-order chi connectivity index (χ1) is 5.62. The lowest BCUT2D eigenvalue weighted by Gasteiger charge is -2.09. The van der Waals surface area contributed by atoms with Crippen LogP contribution in [0.15, 0.2) is 18.2 Å². The first-order valence-electron chi connectivity index (χ1n) is 3.87. The standard InChI is InChI=1S/C9H10O3/c10-6-1-2-8(11)7(5-6)9(12)3-4-9/h1-2,5,10-12H,3-4H2. The lowest BCUT2D eigenvalue weighted by Crippen LogP contribution is -2.03. The van der Waals surface area contributed by atoms with Gasteiger partial charge in [0, 0.05) is 5.56 Å². The molecule has 0 bridgehead atoms. The summed E-state index contributed by atoms with van der Waals surface area (Å²) in [6, 6.07) is 4.19. The Labute approximate surface area is 69.9 Å². The van der Waals surface area contributed by atoms with Crippen molar-refractivity contribution in [2.75, 3.05) is 0 Å². The van der Waals surface area contributed by atoms with Crippen LogP contribution in [0.1, 0.15) is 18.4 Å². The van der Waals surface area contributed by atoms with Crippen LogP contribution in [0.4, 0.5) is 0 Å². The van der Waals surface area contributed by atoms with Crippen molar-refractivity contribution < 1.29 is 15.3 Å². The van der Waals surface area contributed by atoms with E-state index in [2.05, 4.69) is 0 Å². The highest BCUT2D eigenvalue weighted by Crippen LogP contribution is 2.49. The Kier molecular flexibility index (Phi) is 1.32. The van der Waals surface area contributed by atoms with Gasteiger partial charge < -0.3 is 15.3 Å². The molecule has 0 amide bonds. The summed E-state index contributed by atoms with van der Waals surface area (Å²) in [6.45, 7) is 0. The van der Waals surface area contributed by atoms with E-state index < -0.39 is 5.60 Å². The number of aliphatic hydroxyl groups is 1. The topological polar surface area (TPSA) is 60.7 Å². The number of phenols is 2. The van der Waals surface area contributed by atoms with Gasteiger partial charge in [0.1, 0.15) is 11.5 Å². The second-order valence-electron chi connectivity index (χ2n) is 3.23. The molecule has 0 unspecified atom stereocenters. The highest BCUT2D eigenvalue weighted by atomic mass is 16.3. The normalized spacial score (nSPS) is 19.1. The highest BCUT2D eigenvalue weighted by molar-refractivity contribution is 5.44. The Morgan fingerprint density at radius 1 is 1.17 bits per heavy atom. The largest absolute Gasteiger partial charge is 0.508 e. The molecule has 1 aliphatic carbocycles. The van der Waals surface area contributed by atoms with Crippen LogP contribution < -0.4 is 0 Å². The van der Waals surface area contributed by atoms with Gasteiger partial charge in [-0.1, -0.05) is 0 Å². The first-order valence-corrected chi connectivity index (χ1v) is 3.87. The van der Waals surface area contributed by atoms with Gasteiger partial charge in [-0.05, 0) is 31.0 Å². The first kappa shape index (κ1) is 7.43. The Bertz CT molecular complexity index is 316. The lowest BCUT2D eigenvalue weighted by atomic mass is 10.1. The zero-order chi connectivity index (χ0) is 8.77. The molecular weight excluding hydrogens is 156 g/mol. The lowest BCUT2D eigenvalue weighted by molar-refractivity contribution is 0.147. The van der Waals surface area contributed by atoms with E-state index in [4.69, 9.17) is 5.11 Å². The minimum absolute atomic E-state index is 0.0489. The highest BCUT2D eigenvalue weighted by Gasteiger charge is 2.44. The molecule has 0 atom stereocenters. The number of phenolic OH excluding ortho intramolecular Hbond substituents is 2. The molecule has 0 radical (unpaired) electrons. The van der Waals surface area contributed by atoms with Crippen LogP contribution in [0.3, 0.4) is 0 Å². The monoisotopic (exact) mass is 166 g/mol. The van der Waals surface area contributed by atoms with Gasteiger partial charge in [0.05, 0.1) is 5.60 Å². The third-order valence-electron chi connectivity index (χ3n) is 2.21. The van der Waals surface area contributed by atoms with Crippen LogP contribution in [-0.4, -0.2) is 15.3 Å². The Morgan fingerprint density at radius 2 is 1.83 bits per heavy atom. The second-order valence-corrected chi connectivity index (χ2v) is 3.23. The molecule has 2 rings (SSSR count). The van der Waals surface area contributed by atoms with Crippen molar-refractivity contribution in [3.8, 4) is 11.5 Å². The minimum atomic E-state index is -0.886. The molecule has 12 heavy (non-hydrogen) atoms. The number of rotatable bonds is 1. The van der Waals surface area contributed by atoms with E-state index in [-0.39, 0.29) is 11.5 Å². The summed E-state index contributed by atoms with van der Waals surface area (Å²) in [5, 5.41) is 28.1. The molecule has 1 aliphatic rings. The molecule has 64 valence electrons. The molecule has 0 aliphatic heterocycles. The molecule has 0 saturated heterocycles. The van der Waals surface area contributed by atoms with E-state index in [0.29, 0.717) is 18.4 Å². The molecule has 0 aromatic heterocycles. The van der Waals surface area contributed by atoms with Crippen molar-refractivity contribution >= 4 is 0 Å². The SMILES string of the molecule is Oc1ccc(O)c(C2(O)CC2)c1. The summed E-state index contributed by atoms with van der Waals surface area (Å²) in [6.07, 6.45) is 1.31. The van der Waals surface area contributed by atoms with Gasteiger partial charge >= 0.3 is 0 Å². The number of benzene rings is 1. The average Bonchev–Trinajstić information content (AvgIpc) is 2.75. The van der Waals surface area contributed by atoms with Crippen LogP contribution in [0.25, 0.3) is 0 Å². The number of aromatic hydroxyl groups is 2. The smallest absolute Gasteiger partial charge is 0.121 e. The van der Waals surface area contributed by atoms with E-state index in [1.165, 1.54) is 18.2 Å². The van der Waals surface area contributed by atoms with Gasteiger partial charge in [-0.3, -0.25) is 0 Å². The molecule has 3 N–H and O–H groups in total. The molecule has 3 nitrogen and oxygen atoms in total. The van der Waals surface area contributed by atoms with Crippen molar-refractivity contribution in [1.29, 1.82) is 0 Å². The number of hydrogen-bond donors (Lipinski definition) is 3.